The molecule has 2 N–H and O–H groups in total. The summed E-state index contributed by atoms with van der Waals surface area (Å²) in [5, 5.41) is 30.4. The Morgan fingerprint density at radius 2 is 1.76 bits per heavy atom. The van der Waals surface area contributed by atoms with Gasteiger partial charge in [0.15, 0.2) is 5.85 Å². The van der Waals surface area contributed by atoms with Crippen LogP contribution in [0.2, 0.25) is 0 Å². The van der Waals surface area contributed by atoms with Crippen molar-refractivity contribution in [3.05, 3.63) is 69.8 Å². The van der Waals surface area contributed by atoms with Crippen LogP contribution >= 0.6 is 7.37 Å². The van der Waals surface area contributed by atoms with Crippen molar-refractivity contribution in [1.29, 1.82) is 0 Å². The third-order valence-electron chi connectivity index (χ3n) is 3.52. The van der Waals surface area contributed by atoms with Crippen LogP contribution in [0.15, 0.2) is 48.5 Å². The van der Waals surface area contributed by atoms with Crippen LogP contribution in [0.4, 0.5) is 5.69 Å². The Bertz CT molecular complexity index is 817. The summed E-state index contributed by atoms with van der Waals surface area (Å²) >= 11 is 0. The minimum absolute atomic E-state index is 0.0108. The molecule has 0 aliphatic carbocycles. The van der Waals surface area contributed by atoms with Crippen molar-refractivity contribution in [1.82, 2.24) is 0 Å². The molecule has 0 aromatic heterocycles. The number of rotatable bonds is 7. The van der Waals surface area contributed by atoms with Crippen molar-refractivity contribution in [3.63, 3.8) is 0 Å². The van der Waals surface area contributed by atoms with E-state index in [4.69, 9.17) is 9.63 Å². The average Bonchev–Trinajstić information content (AvgIpc) is 2.61. The highest BCUT2D eigenvalue weighted by Gasteiger charge is 2.36. The van der Waals surface area contributed by atoms with E-state index < -0.39 is 24.1 Å². The number of aromatic carboxylic acids is 1. The monoisotopic (exact) mass is 365 g/mol. The maximum Gasteiger partial charge on any atom is 0.335 e. The van der Waals surface area contributed by atoms with Gasteiger partial charge in [-0.3, -0.25) is 14.7 Å². The first-order valence-electron chi connectivity index (χ1n) is 7.30. The Morgan fingerprint density at radius 1 is 1.20 bits per heavy atom. The van der Waals surface area contributed by atoms with Gasteiger partial charge in [-0.15, -0.1) is 0 Å². The van der Waals surface area contributed by atoms with E-state index in [2.05, 4.69) is 0 Å². The second-order valence-electron chi connectivity index (χ2n) is 5.09. The maximum absolute atomic E-state index is 13.3. The van der Waals surface area contributed by atoms with Crippen LogP contribution in [0, 0.1) is 10.1 Å². The van der Waals surface area contributed by atoms with Gasteiger partial charge < -0.3 is 14.7 Å². The third kappa shape index (κ3) is 3.93. The summed E-state index contributed by atoms with van der Waals surface area (Å²) in [6, 6.07) is 10.2. The molecule has 0 aliphatic heterocycles. The van der Waals surface area contributed by atoms with Crippen molar-refractivity contribution in [3.8, 4) is 0 Å². The number of nitro benzene ring substituents is 1. The van der Waals surface area contributed by atoms with E-state index in [0.717, 1.165) is 0 Å². The first-order valence-corrected chi connectivity index (χ1v) is 8.99. The average molecular weight is 365 g/mol. The standard InChI is InChI=1S/C16H16NO7P/c1-2-24-25(23,14-9-5-11(6-10-14)15(18)19)16(20)12-3-7-13(8-4-12)17(21)22/h3-10,16,20H,2H2,1H3,(H,18,19). The Kier molecular flexibility index (Phi) is 5.69. The lowest BCUT2D eigenvalue weighted by Gasteiger charge is -2.24. The number of carboxylic acids is 1. The molecule has 2 aromatic rings. The number of nitro groups is 1. The second-order valence-corrected chi connectivity index (χ2v) is 7.55. The Hall–Kier alpha value is -2.54. The summed E-state index contributed by atoms with van der Waals surface area (Å²) < 4.78 is 18.6. The highest BCUT2D eigenvalue weighted by Crippen LogP contribution is 2.57. The highest BCUT2D eigenvalue weighted by molar-refractivity contribution is 7.67. The van der Waals surface area contributed by atoms with E-state index in [0.29, 0.717) is 0 Å². The molecule has 0 radical (unpaired) electrons. The molecule has 2 rings (SSSR count). The molecule has 0 aliphatic rings. The summed E-state index contributed by atoms with van der Waals surface area (Å²) in [6.07, 6.45) is 0. The fourth-order valence-electron chi connectivity index (χ4n) is 2.25. The molecule has 0 spiro atoms. The number of hydrogen-bond donors (Lipinski definition) is 2. The zero-order chi connectivity index (χ0) is 18.6. The molecule has 132 valence electrons. The van der Waals surface area contributed by atoms with Crippen LogP contribution in [0.5, 0.6) is 0 Å². The summed E-state index contributed by atoms with van der Waals surface area (Å²) in [5.41, 5.74) is 0.0503. The van der Waals surface area contributed by atoms with Gasteiger partial charge in [-0.25, -0.2) is 4.79 Å². The quantitative estimate of drug-likeness (QED) is 0.439. The molecule has 0 saturated heterocycles. The summed E-state index contributed by atoms with van der Waals surface area (Å²) in [4.78, 5) is 21.1. The summed E-state index contributed by atoms with van der Waals surface area (Å²) in [6.45, 7) is 1.67. The maximum atomic E-state index is 13.3. The molecule has 0 bridgehead atoms. The van der Waals surface area contributed by atoms with E-state index in [9.17, 15) is 24.6 Å². The Labute approximate surface area is 143 Å². The number of non-ortho nitro benzene ring substituents is 1. The van der Waals surface area contributed by atoms with Gasteiger partial charge >= 0.3 is 5.97 Å². The molecule has 0 saturated carbocycles. The largest absolute Gasteiger partial charge is 0.478 e. The van der Waals surface area contributed by atoms with E-state index in [1.165, 1.54) is 48.5 Å². The van der Waals surface area contributed by atoms with Crippen LogP contribution in [-0.4, -0.2) is 27.7 Å². The van der Waals surface area contributed by atoms with E-state index in [1.807, 2.05) is 0 Å². The zero-order valence-corrected chi connectivity index (χ0v) is 14.1. The lowest BCUT2D eigenvalue weighted by molar-refractivity contribution is -0.384. The van der Waals surface area contributed by atoms with Gasteiger partial charge in [-0.05, 0) is 48.9 Å². The third-order valence-corrected chi connectivity index (χ3v) is 6.12. The molecule has 0 fully saturated rings. The summed E-state index contributed by atoms with van der Waals surface area (Å²) in [7, 11) is -3.78. The van der Waals surface area contributed by atoms with Crippen molar-refractivity contribution >= 4 is 24.3 Å². The first-order chi connectivity index (χ1) is 11.8. The van der Waals surface area contributed by atoms with Crippen molar-refractivity contribution in [2.24, 2.45) is 0 Å². The van der Waals surface area contributed by atoms with Gasteiger partial charge in [0.25, 0.3) is 13.1 Å². The Morgan fingerprint density at radius 3 is 2.20 bits per heavy atom. The molecule has 2 aromatic carbocycles. The predicted octanol–water partition coefficient (Wildman–Crippen LogP) is 2.92. The number of hydrogen-bond acceptors (Lipinski definition) is 6. The SMILES string of the molecule is CCOP(=O)(c1ccc(C(=O)O)cc1)C(O)c1ccc([N+](=O)[O-])cc1. The normalized spacial score (nSPS) is 14.5. The van der Waals surface area contributed by atoms with Crippen LogP contribution in [0.1, 0.15) is 28.7 Å². The van der Waals surface area contributed by atoms with Crippen molar-refractivity contribution in [2.45, 2.75) is 12.8 Å². The van der Waals surface area contributed by atoms with Gasteiger partial charge in [0, 0.05) is 17.4 Å². The fraction of sp³-hybridized carbons (Fsp3) is 0.188. The number of aliphatic hydroxyl groups excluding tert-OH is 1. The number of aliphatic hydroxyl groups is 1. The van der Waals surface area contributed by atoms with Gasteiger partial charge in [0.05, 0.1) is 17.1 Å². The smallest absolute Gasteiger partial charge is 0.335 e. The van der Waals surface area contributed by atoms with Gasteiger partial charge in [-0.1, -0.05) is 0 Å². The van der Waals surface area contributed by atoms with E-state index in [-0.39, 0.29) is 28.7 Å². The molecular formula is C16H16NO7P. The highest BCUT2D eigenvalue weighted by atomic mass is 31.2. The number of carboxylic acid groups (broad SMARTS) is 1. The van der Waals surface area contributed by atoms with Gasteiger partial charge in [0.1, 0.15) is 0 Å². The molecule has 2 atom stereocenters. The van der Waals surface area contributed by atoms with Crippen molar-refractivity contribution in [2.75, 3.05) is 6.61 Å². The molecule has 8 nitrogen and oxygen atoms in total. The van der Waals surface area contributed by atoms with E-state index >= 15 is 0 Å². The molecule has 9 heteroatoms. The minimum atomic E-state index is -3.78. The van der Waals surface area contributed by atoms with Crippen LogP contribution in [0.25, 0.3) is 0 Å². The van der Waals surface area contributed by atoms with Crippen LogP contribution in [0.3, 0.4) is 0 Å². The van der Waals surface area contributed by atoms with Gasteiger partial charge in [0.2, 0.25) is 0 Å². The van der Waals surface area contributed by atoms with E-state index in [1.54, 1.807) is 6.92 Å². The summed E-state index contributed by atoms with van der Waals surface area (Å²) in [5.74, 6) is -2.67. The lowest BCUT2D eigenvalue weighted by atomic mass is 10.2. The topological polar surface area (TPSA) is 127 Å². The number of nitrogens with zero attached hydrogens (tertiary/aromatic N) is 1. The van der Waals surface area contributed by atoms with Crippen LogP contribution in [-0.2, 0) is 9.09 Å². The molecular weight excluding hydrogens is 349 g/mol. The number of benzene rings is 2. The Balaban J connectivity index is 2.41. The molecule has 0 amide bonds. The van der Waals surface area contributed by atoms with Crippen molar-refractivity contribution < 1.29 is 29.0 Å². The molecule has 2 unspecified atom stereocenters. The lowest BCUT2D eigenvalue weighted by Crippen LogP contribution is -2.15. The second kappa shape index (κ2) is 7.57. The predicted molar refractivity (Wildman–Crippen MR) is 90.3 cm³/mol. The number of carbonyl (C=O) groups is 1. The van der Waals surface area contributed by atoms with Gasteiger partial charge in [-0.2, -0.15) is 0 Å². The minimum Gasteiger partial charge on any atom is -0.478 e. The first kappa shape index (κ1) is 18.8. The molecule has 25 heavy (non-hydrogen) atoms. The zero-order valence-electron chi connectivity index (χ0n) is 13.2. The molecule has 0 heterocycles. The fourth-order valence-corrected chi connectivity index (χ4v) is 4.34. The van der Waals surface area contributed by atoms with Crippen LogP contribution < -0.4 is 5.30 Å².